The van der Waals surface area contributed by atoms with Crippen molar-refractivity contribution in [3.63, 3.8) is 0 Å². The number of aromatic nitrogens is 5. The van der Waals surface area contributed by atoms with Gasteiger partial charge in [0.25, 0.3) is 5.56 Å². The molecule has 0 fully saturated rings. The zero-order valence-electron chi connectivity index (χ0n) is 18.9. The van der Waals surface area contributed by atoms with Gasteiger partial charge in [-0.3, -0.25) is 14.2 Å². The molecular weight excluding hydrogens is 436 g/mol. The Hall–Kier alpha value is -4.34. The van der Waals surface area contributed by atoms with Crippen molar-refractivity contribution in [2.75, 3.05) is 6.54 Å². The maximum Gasteiger partial charge on any atom is 0.351 e. The van der Waals surface area contributed by atoms with Gasteiger partial charge < -0.3 is 9.84 Å². The largest absolute Gasteiger partial charge is 0.356 e. The first-order valence-corrected chi connectivity index (χ1v) is 10.8. The van der Waals surface area contributed by atoms with Crippen LogP contribution in [0, 0.1) is 6.92 Å². The first-order valence-electron chi connectivity index (χ1n) is 10.8. The summed E-state index contributed by atoms with van der Waals surface area (Å²) in [5.41, 5.74) is 1.32. The van der Waals surface area contributed by atoms with Crippen molar-refractivity contribution in [1.82, 2.24) is 29.8 Å². The molecule has 10 heteroatoms. The van der Waals surface area contributed by atoms with Gasteiger partial charge in [-0.25, -0.2) is 4.79 Å². The molecule has 0 radical (unpaired) electrons. The molecule has 4 rings (SSSR count). The second-order valence-corrected chi connectivity index (χ2v) is 7.84. The highest BCUT2D eigenvalue weighted by atomic mass is 16.5. The van der Waals surface area contributed by atoms with Gasteiger partial charge in [-0.15, -0.1) is 0 Å². The molecule has 1 N–H and O–H groups in total. The number of aryl methyl sites for hydroxylation is 2. The summed E-state index contributed by atoms with van der Waals surface area (Å²) in [5.74, 6) is 0.0173. The van der Waals surface area contributed by atoms with Crippen LogP contribution < -0.4 is 16.6 Å². The molecular formula is C24H24N6O4. The molecule has 10 nitrogen and oxygen atoms in total. The Morgan fingerprint density at radius 3 is 2.50 bits per heavy atom. The van der Waals surface area contributed by atoms with Crippen molar-refractivity contribution in [3.05, 3.63) is 92.5 Å². The molecule has 0 spiro atoms. The van der Waals surface area contributed by atoms with Crippen molar-refractivity contribution < 1.29 is 9.32 Å². The number of amides is 1. The second-order valence-electron chi connectivity index (χ2n) is 7.84. The number of nitrogens with zero attached hydrogens (tertiary/aromatic N) is 5. The van der Waals surface area contributed by atoms with Crippen LogP contribution in [-0.4, -0.2) is 36.9 Å². The van der Waals surface area contributed by atoms with Gasteiger partial charge in [0.05, 0.1) is 5.69 Å². The lowest BCUT2D eigenvalue weighted by molar-refractivity contribution is -0.121. The van der Waals surface area contributed by atoms with Crippen LogP contribution in [0.3, 0.4) is 0 Å². The number of rotatable bonds is 8. The summed E-state index contributed by atoms with van der Waals surface area (Å²) in [6, 6.07) is 17.0. The fourth-order valence-electron chi connectivity index (χ4n) is 3.32. The van der Waals surface area contributed by atoms with Crippen LogP contribution in [0.25, 0.3) is 17.2 Å². The standard InChI is InChI=1S/C24H24N6O4/c1-16-8-10-18(11-9-16)30-24(33)29(2)23(32)21(27-30)22-26-20(34-28-22)13-12-19(31)25-15-14-17-6-4-3-5-7-17/h3-11H,12-15H2,1-2H3,(H,25,31). The molecule has 2 aromatic carbocycles. The fourth-order valence-corrected chi connectivity index (χ4v) is 3.32. The monoisotopic (exact) mass is 460 g/mol. The third-order valence-corrected chi connectivity index (χ3v) is 5.28. The third kappa shape index (κ3) is 5.17. The topological polar surface area (TPSA) is 125 Å². The Bertz CT molecular complexity index is 1400. The Labute approximate surface area is 194 Å². The molecule has 34 heavy (non-hydrogen) atoms. The fraction of sp³-hybridized carbons (Fsp3) is 0.250. The molecule has 2 heterocycles. The Morgan fingerprint density at radius 1 is 1.03 bits per heavy atom. The second kappa shape index (κ2) is 10.1. The van der Waals surface area contributed by atoms with E-state index in [0.717, 1.165) is 26.8 Å². The van der Waals surface area contributed by atoms with Crippen LogP contribution in [-0.2, 0) is 24.7 Å². The molecule has 0 aliphatic rings. The molecule has 0 unspecified atom stereocenters. The van der Waals surface area contributed by atoms with Crippen LogP contribution in [0.1, 0.15) is 23.4 Å². The van der Waals surface area contributed by atoms with E-state index in [9.17, 15) is 14.4 Å². The lowest BCUT2D eigenvalue weighted by atomic mass is 10.1. The molecule has 0 bridgehead atoms. The van der Waals surface area contributed by atoms with E-state index in [4.69, 9.17) is 4.52 Å². The number of carbonyl (C=O) groups excluding carboxylic acids is 1. The molecule has 0 saturated heterocycles. The number of hydrogen-bond acceptors (Lipinski definition) is 7. The van der Waals surface area contributed by atoms with Crippen molar-refractivity contribution >= 4 is 5.91 Å². The van der Waals surface area contributed by atoms with Gasteiger partial charge in [-0.05, 0) is 31.0 Å². The van der Waals surface area contributed by atoms with Gasteiger partial charge in [0.15, 0.2) is 5.69 Å². The minimum atomic E-state index is -0.639. The van der Waals surface area contributed by atoms with Crippen molar-refractivity contribution in [3.8, 4) is 17.2 Å². The van der Waals surface area contributed by atoms with Crippen molar-refractivity contribution in [2.45, 2.75) is 26.2 Å². The van der Waals surface area contributed by atoms with Gasteiger partial charge in [0, 0.05) is 26.4 Å². The van der Waals surface area contributed by atoms with E-state index in [2.05, 4.69) is 20.6 Å². The summed E-state index contributed by atoms with van der Waals surface area (Å²) >= 11 is 0. The van der Waals surface area contributed by atoms with E-state index in [-0.39, 0.29) is 36.2 Å². The van der Waals surface area contributed by atoms with Gasteiger partial charge in [0.2, 0.25) is 17.6 Å². The molecule has 4 aromatic rings. The highest BCUT2D eigenvalue weighted by Gasteiger charge is 2.19. The normalized spacial score (nSPS) is 10.9. The van der Waals surface area contributed by atoms with Crippen LogP contribution in [0.2, 0.25) is 0 Å². The molecule has 174 valence electrons. The third-order valence-electron chi connectivity index (χ3n) is 5.28. The minimum absolute atomic E-state index is 0.0408. The summed E-state index contributed by atoms with van der Waals surface area (Å²) in [7, 11) is 1.36. The average Bonchev–Trinajstić information content (AvgIpc) is 3.32. The van der Waals surface area contributed by atoms with Gasteiger partial charge in [-0.2, -0.15) is 14.8 Å². The highest BCUT2D eigenvalue weighted by molar-refractivity contribution is 5.76. The van der Waals surface area contributed by atoms with Crippen molar-refractivity contribution in [1.29, 1.82) is 0 Å². The number of nitrogens with one attached hydrogen (secondary N) is 1. The summed E-state index contributed by atoms with van der Waals surface area (Å²) in [6.45, 7) is 2.45. The average molecular weight is 460 g/mol. The quantitative estimate of drug-likeness (QED) is 0.423. The van der Waals surface area contributed by atoms with Crippen molar-refractivity contribution in [2.24, 2.45) is 7.05 Å². The highest BCUT2D eigenvalue weighted by Crippen LogP contribution is 2.11. The molecule has 0 aliphatic carbocycles. The lowest BCUT2D eigenvalue weighted by Crippen LogP contribution is -2.40. The number of hydrogen-bond donors (Lipinski definition) is 1. The molecule has 1 amide bonds. The first kappa shape index (κ1) is 22.8. The van der Waals surface area contributed by atoms with E-state index in [1.165, 1.54) is 7.05 Å². The Balaban J connectivity index is 1.44. The summed E-state index contributed by atoms with van der Waals surface area (Å²) in [5, 5.41) is 10.9. The van der Waals surface area contributed by atoms with Crippen LogP contribution in [0.4, 0.5) is 0 Å². The van der Waals surface area contributed by atoms with E-state index in [1.54, 1.807) is 12.1 Å². The molecule has 2 aromatic heterocycles. The van der Waals surface area contributed by atoms with Crippen LogP contribution in [0.5, 0.6) is 0 Å². The summed E-state index contributed by atoms with van der Waals surface area (Å²) in [4.78, 5) is 41.6. The zero-order valence-corrected chi connectivity index (χ0v) is 18.9. The molecule has 0 saturated carbocycles. The Morgan fingerprint density at radius 2 is 1.76 bits per heavy atom. The maximum atomic E-state index is 12.6. The van der Waals surface area contributed by atoms with Crippen LogP contribution >= 0.6 is 0 Å². The first-order chi connectivity index (χ1) is 16.4. The summed E-state index contributed by atoms with van der Waals surface area (Å²) < 4.78 is 7.27. The van der Waals surface area contributed by atoms with Gasteiger partial charge in [-0.1, -0.05) is 53.2 Å². The molecule has 0 aliphatic heterocycles. The van der Waals surface area contributed by atoms with Gasteiger partial charge in [0.1, 0.15) is 0 Å². The Kier molecular flexibility index (Phi) is 6.77. The smallest absolute Gasteiger partial charge is 0.351 e. The lowest BCUT2D eigenvalue weighted by Gasteiger charge is -2.08. The number of carbonyl (C=O) groups is 1. The maximum absolute atomic E-state index is 12.6. The summed E-state index contributed by atoms with van der Waals surface area (Å²) in [6.07, 6.45) is 1.11. The van der Waals surface area contributed by atoms with E-state index < -0.39 is 11.2 Å². The van der Waals surface area contributed by atoms with E-state index >= 15 is 0 Å². The minimum Gasteiger partial charge on any atom is -0.356 e. The zero-order chi connectivity index (χ0) is 24.1. The van der Waals surface area contributed by atoms with Crippen LogP contribution in [0.15, 0.2) is 68.7 Å². The van der Waals surface area contributed by atoms with E-state index in [1.807, 2.05) is 49.4 Å². The number of benzene rings is 2. The van der Waals surface area contributed by atoms with Gasteiger partial charge >= 0.3 is 5.69 Å². The SMILES string of the molecule is Cc1ccc(-n2nc(-c3noc(CCC(=O)NCCc4ccccc4)n3)c(=O)n(C)c2=O)cc1. The van der Waals surface area contributed by atoms with E-state index in [0.29, 0.717) is 12.2 Å². The predicted molar refractivity (Wildman–Crippen MR) is 125 cm³/mol. The predicted octanol–water partition coefficient (Wildman–Crippen LogP) is 1.58. The molecule has 0 atom stereocenters.